The number of carbonyl (C=O) groups is 1. The van der Waals surface area contributed by atoms with Gasteiger partial charge in [0.15, 0.2) is 0 Å². The van der Waals surface area contributed by atoms with Gasteiger partial charge < -0.3 is 14.6 Å². The summed E-state index contributed by atoms with van der Waals surface area (Å²) in [6.45, 7) is 3.05. The molecular formula is C23H23N5O3. The summed E-state index contributed by atoms with van der Waals surface area (Å²) < 4.78 is 12.8. The van der Waals surface area contributed by atoms with Crippen LogP contribution in [0.3, 0.4) is 0 Å². The molecule has 1 amide bonds. The number of carbonyl (C=O) groups excluding carboxylic acids is 1. The van der Waals surface area contributed by atoms with Crippen molar-refractivity contribution in [3.8, 4) is 17.0 Å². The fourth-order valence-electron chi connectivity index (χ4n) is 3.71. The monoisotopic (exact) mass is 417 g/mol. The van der Waals surface area contributed by atoms with E-state index >= 15 is 0 Å². The summed E-state index contributed by atoms with van der Waals surface area (Å²) >= 11 is 0. The number of fused-ring (bicyclic) bond motifs is 1. The summed E-state index contributed by atoms with van der Waals surface area (Å²) in [5.74, 6) is 0.913. The number of hydrogen-bond acceptors (Lipinski definition) is 6. The van der Waals surface area contributed by atoms with Crippen LogP contribution < -0.4 is 10.1 Å². The predicted molar refractivity (Wildman–Crippen MR) is 115 cm³/mol. The second kappa shape index (κ2) is 7.86. The average Bonchev–Trinajstić information content (AvgIpc) is 3.43. The topological polar surface area (TPSA) is 95.1 Å². The van der Waals surface area contributed by atoms with E-state index in [1.807, 2.05) is 48.0 Å². The van der Waals surface area contributed by atoms with Gasteiger partial charge in [0, 0.05) is 35.6 Å². The molecule has 0 spiro atoms. The van der Waals surface area contributed by atoms with E-state index in [1.54, 1.807) is 13.3 Å². The first-order valence-corrected chi connectivity index (χ1v) is 10.4. The summed E-state index contributed by atoms with van der Waals surface area (Å²) in [4.78, 5) is 17.9. The molecule has 31 heavy (non-hydrogen) atoms. The molecule has 0 bridgehead atoms. The Morgan fingerprint density at radius 2 is 2.16 bits per heavy atom. The Morgan fingerprint density at radius 1 is 1.29 bits per heavy atom. The van der Waals surface area contributed by atoms with Crippen LogP contribution in [0.4, 0.5) is 0 Å². The molecule has 1 aromatic carbocycles. The van der Waals surface area contributed by atoms with Gasteiger partial charge in [0.1, 0.15) is 11.4 Å². The van der Waals surface area contributed by atoms with E-state index in [1.165, 1.54) is 0 Å². The molecule has 1 aliphatic carbocycles. The first kappa shape index (κ1) is 19.3. The number of amides is 1. The largest absolute Gasteiger partial charge is 0.497 e. The zero-order chi connectivity index (χ0) is 21.4. The Morgan fingerprint density at radius 3 is 2.90 bits per heavy atom. The van der Waals surface area contributed by atoms with E-state index < -0.39 is 0 Å². The number of ether oxygens (including phenoxy) is 1. The van der Waals surface area contributed by atoms with Crippen LogP contribution in [-0.2, 0) is 6.54 Å². The van der Waals surface area contributed by atoms with Gasteiger partial charge in [-0.1, -0.05) is 17.3 Å². The number of hydrogen-bond donors (Lipinski definition) is 1. The lowest BCUT2D eigenvalue weighted by Gasteiger charge is -2.10. The molecule has 8 nitrogen and oxygen atoms in total. The van der Waals surface area contributed by atoms with Gasteiger partial charge >= 0.3 is 0 Å². The zero-order valence-electron chi connectivity index (χ0n) is 17.5. The van der Waals surface area contributed by atoms with Gasteiger partial charge in [-0.25, -0.2) is 4.98 Å². The number of pyridine rings is 1. The lowest BCUT2D eigenvalue weighted by molar-refractivity contribution is 0.0953. The normalized spacial score (nSPS) is 13.5. The van der Waals surface area contributed by atoms with Crippen molar-refractivity contribution >= 4 is 17.0 Å². The molecule has 1 saturated carbocycles. The number of nitrogens with zero attached hydrogens (tertiary/aromatic N) is 4. The maximum Gasteiger partial charge on any atom is 0.259 e. The van der Waals surface area contributed by atoms with E-state index in [9.17, 15) is 4.79 Å². The van der Waals surface area contributed by atoms with Crippen LogP contribution in [0.2, 0.25) is 0 Å². The van der Waals surface area contributed by atoms with E-state index in [-0.39, 0.29) is 5.91 Å². The second-order valence-corrected chi connectivity index (χ2v) is 7.76. The van der Waals surface area contributed by atoms with Crippen LogP contribution >= 0.6 is 0 Å². The van der Waals surface area contributed by atoms with Crippen molar-refractivity contribution in [2.75, 3.05) is 13.7 Å². The molecule has 3 heterocycles. The maximum absolute atomic E-state index is 13.2. The molecule has 1 N–H and O–H groups in total. The van der Waals surface area contributed by atoms with Crippen LogP contribution in [0.1, 0.15) is 40.5 Å². The van der Waals surface area contributed by atoms with E-state index in [4.69, 9.17) is 9.26 Å². The summed E-state index contributed by atoms with van der Waals surface area (Å²) in [6, 6.07) is 11.3. The number of methoxy groups -OCH3 is 1. The van der Waals surface area contributed by atoms with E-state index in [0.717, 1.165) is 29.8 Å². The minimum Gasteiger partial charge on any atom is -0.497 e. The van der Waals surface area contributed by atoms with Crippen LogP contribution in [0.25, 0.3) is 22.4 Å². The number of benzene rings is 1. The molecule has 0 saturated heterocycles. The highest BCUT2D eigenvalue weighted by Crippen LogP contribution is 2.41. The van der Waals surface area contributed by atoms with Crippen molar-refractivity contribution < 1.29 is 14.1 Å². The van der Waals surface area contributed by atoms with Crippen molar-refractivity contribution in [2.45, 2.75) is 32.2 Å². The zero-order valence-corrected chi connectivity index (χ0v) is 17.5. The van der Waals surface area contributed by atoms with Crippen molar-refractivity contribution in [1.82, 2.24) is 25.2 Å². The minimum atomic E-state index is -0.175. The quantitative estimate of drug-likeness (QED) is 0.493. The molecule has 4 aromatic rings. The summed E-state index contributed by atoms with van der Waals surface area (Å²) in [5.41, 5.74) is 4.24. The van der Waals surface area contributed by atoms with Crippen molar-refractivity contribution in [3.63, 3.8) is 0 Å². The van der Waals surface area contributed by atoms with Gasteiger partial charge in [-0.3, -0.25) is 9.48 Å². The van der Waals surface area contributed by atoms with E-state index in [0.29, 0.717) is 47.1 Å². The van der Waals surface area contributed by atoms with Gasteiger partial charge in [0.05, 0.1) is 24.6 Å². The van der Waals surface area contributed by atoms with Crippen LogP contribution in [0.5, 0.6) is 5.75 Å². The van der Waals surface area contributed by atoms with Crippen molar-refractivity contribution in [3.05, 3.63) is 59.5 Å². The smallest absolute Gasteiger partial charge is 0.259 e. The van der Waals surface area contributed by atoms with Gasteiger partial charge in [-0.05, 0) is 44.0 Å². The highest BCUT2D eigenvalue weighted by Gasteiger charge is 2.29. The predicted octanol–water partition coefficient (Wildman–Crippen LogP) is 3.71. The van der Waals surface area contributed by atoms with Crippen LogP contribution in [0.15, 0.2) is 47.1 Å². The molecule has 0 aliphatic heterocycles. The molecule has 8 heteroatoms. The molecule has 5 rings (SSSR count). The molecule has 1 fully saturated rings. The Bertz CT molecular complexity index is 1260. The highest BCUT2D eigenvalue weighted by atomic mass is 16.5. The molecule has 3 aromatic heterocycles. The fourth-order valence-corrected chi connectivity index (χ4v) is 3.71. The Labute approximate surface area is 179 Å². The standard InChI is InChI=1S/C23H23N5O3/c1-14-8-9-25-28(14)11-10-24-22(29)18-13-19(15-6-7-15)26-23-20(18)21(27-31-23)16-4-3-5-17(12-16)30-2/h3-5,8-9,12-13,15H,6-7,10-11H2,1-2H3,(H,24,29). The van der Waals surface area contributed by atoms with Crippen LogP contribution in [-0.4, -0.2) is 39.5 Å². The molecule has 0 radical (unpaired) electrons. The number of nitrogens with one attached hydrogen (secondary N) is 1. The Hall–Kier alpha value is -3.68. The molecule has 0 atom stereocenters. The third-order valence-electron chi connectivity index (χ3n) is 5.59. The summed E-state index contributed by atoms with van der Waals surface area (Å²) in [5, 5.41) is 12.1. The third kappa shape index (κ3) is 3.76. The summed E-state index contributed by atoms with van der Waals surface area (Å²) in [7, 11) is 1.61. The Kier molecular flexibility index (Phi) is 4.89. The maximum atomic E-state index is 13.2. The van der Waals surface area contributed by atoms with Crippen molar-refractivity contribution in [1.29, 1.82) is 0 Å². The number of aromatic nitrogens is 4. The lowest BCUT2D eigenvalue weighted by Crippen LogP contribution is -2.28. The SMILES string of the molecule is COc1cccc(-c2noc3nc(C4CC4)cc(C(=O)NCCn4nccc4C)c23)c1. The first-order chi connectivity index (χ1) is 15.1. The van der Waals surface area contributed by atoms with Crippen LogP contribution in [0, 0.1) is 6.92 Å². The fraction of sp³-hybridized carbons (Fsp3) is 0.304. The Balaban J connectivity index is 1.50. The molecule has 0 unspecified atom stereocenters. The average molecular weight is 417 g/mol. The van der Waals surface area contributed by atoms with Gasteiger partial charge in [0.2, 0.25) is 0 Å². The second-order valence-electron chi connectivity index (χ2n) is 7.76. The van der Waals surface area contributed by atoms with Gasteiger partial charge in [0.25, 0.3) is 11.6 Å². The number of rotatable bonds is 7. The van der Waals surface area contributed by atoms with E-state index in [2.05, 4.69) is 20.6 Å². The third-order valence-corrected chi connectivity index (χ3v) is 5.59. The van der Waals surface area contributed by atoms with Crippen molar-refractivity contribution in [2.24, 2.45) is 0 Å². The molecule has 1 aliphatic rings. The summed E-state index contributed by atoms with van der Waals surface area (Å²) in [6.07, 6.45) is 3.91. The lowest BCUT2D eigenvalue weighted by atomic mass is 10.0. The van der Waals surface area contributed by atoms with Gasteiger partial charge in [-0.2, -0.15) is 5.10 Å². The number of aryl methyl sites for hydroxylation is 1. The highest BCUT2D eigenvalue weighted by molar-refractivity contribution is 6.09. The minimum absolute atomic E-state index is 0.175. The molecule has 158 valence electrons. The first-order valence-electron chi connectivity index (χ1n) is 10.4. The molecular weight excluding hydrogens is 394 g/mol. The van der Waals surface area contributed by atoms with Gasteiger partial charge in [-0.15, -0.1) is 0 Å².